The fraction of sp³-hybridized carbons (Fsp3) is 0.478. The third-order valence-corrected chi connectivity index (χ3v) is 4.65. The van der Waals surface area contributed by atoms with E-state index in [4.69, 9.17) is 4.74 Å². The van der Waals surface area contributed by atoms with Gasteiger partial charge in [-0.05, 0) is 56.4 Å². The molecule has 0 radical (unpaired) electrons. The van der Waals surface area contributed by atoms with E-state index >= 15 is 0 Å². The molecule has 0 atom stereocenters. The van der Waals surface area contributed by atoms with E-state index in [1.807, 2.05) is 37.3 Å². The second-order valence-electron chi connectivity index (χ2n) is 6.95. The highest BCUT2D eigenvalue weighted by molar-refractivity contribution is 5.92. The van der Waals surface area contributed by atoms with Crippen LogP contribution in [0, 0.1) is 0 Å². The van der Waals surface area contributed by atoms with Crippen LogP contribution in [0.1, 0.15) is 67.7 Å². The van der Waals surface area contributed by atoms with E-state index in [9.17, 15) is 4.79 Å². The molecule has 0 bridgehead atoms. The number of nitrogens with one attached hydrogen (secondary N) is 1. The molecule has 0 aliphatic heterocycles. The summed E-state index contributed by atoms with van der Waals surface area (Å²) in [5.41, 5.74) is 2.53. The van der Waals surface area contributed by atoms with Crippen LogP contribution in [0.3, 0.4) is 0 Å². The van der Waals surface area contributed by atoms with Crippen molar-refractivity contribution in [3.8, 4) is 5.75 Å². The number of benzene rings is 1. The largest absolute Gasteiger partial charge is 0.494 e. The van der Waals surface area contributed by atoms with Crippen LogP contribution < -0.4 is 10.1 Å². The third-order valence-electron chi connectivity index (χ3n) is 4.65. The van der Waals surface area contributed by atoms with Gasteiger partial charge in [0.25, 0.3) is 5.91 Å². The minimum atomic E-state index is -0.112. The lowest BCUT2D eigenvalue weighted by atomic mass is 10.1. The Morgan fingerprint density at radius 1 is 1.21 bits per heavy atom. The van der Waals surface area contributed by atoms with Gasteiger partial charge in [-0.1, -0.05) is 44.1 Å². The Morgan fingerprint density at radius 2 is 2.04 bits per heavy atom. The first-order valence-corrected chi connectivity index (χ1v) is 10.3. The molecule has 1 amide bonds. The Labute approximate surface area is 168 Å². The second-order valence-corrected chi connectivity index (χ2v) is 6.95. The van der Waals surface area contributed by atoms with Crippen LogP contribution in [-0.4, -0.2) is 22.3 Å². The first kappa shape index (κ1) is 21.7. The zero-order valence-electron chi connectivity index (χ0n) is 17.4. The van der Waals surface area contributed by atoms with Gasteiger partial charge in [0.05, 0.1) is 12.3 Å². The molecule has 2 rings (SSSR count). The monoisotopic (exact) mass is 383 g/mol. The van der Waals surface area contributed by atoms with E-state index in [0.29, 0.717) is 12.2 Å². The lowest BCUT2D eigenvalue weighted by Gasteiger charge is -2.09. The predicted molar refractivity (Wildman–Crippen MR) is 114 cm³/mol. The van der Waals surface area contributed by atoms with Crippen LogP contribution in [0.5, 0.6) is 5.75 Å². The number of hydrogen-bond acceptors (Lipinski definition) is 3. The molecule has 5 nitrogen and oxygen atoms in total. The Morgan fingerprint density at radius 3 is 2.79 bits per heavy atom. The number of nitrogens with zero attached hydrogens (tertiary/aromatic N) is 2. The van der Waals surface area contributed by atoms with Crippen molar-refractivity contribution in [3.05, 3.63) is 59.4 Å². The van der Waals surface area contributed by atoms with Gasteiger partial charge in [0, 0.05) is 13.6 Å². The molecule has 5 heteroatoms. The van der Waals surface area contributed by atoms with Crippen molar-refractivity contribution in [3.63, 3.8) is 0 Å². The van der Waals surface area contributed by atoms with Gasteiger partial charge >= 0.3 is 0 Å². The van der Waals surface area contributed by atoms with E-state index in [-0.39, 0.29) is 5.91 Å². The van der Waals surface area contributed by atoms with Gasteiger partial charge in [-0.3, -0.25) is 9.48 Å². The van der Waals surface area contributed by atoms with Crippen molar-refractivity contribution in [1.82, 2.24) is 15.1 Å². The lowest BCUT2D eigenvalue weighted by Crippen LogP contribution is -2.25. The summed E-state index contributed by atoms with van der Waals surface area (Å²) in [6.45, 7) is 5.29. The number of amides is 1. The number of hydrogen-bond donors (Lipinski definition) is 1. The molecule has 152 valence electrons. The highest BCUT2D eigenvalue weighted by atomic mass is 16.5. The van der Waals surface area contributed by atoms with Crippen molar-refractivity contribution in [1.29, 1.82) is 0 Å². The fourth-order valence-electron chi connectivity index (χ4n) is 3.00. The first-order valence-electron chi connectivity index (χ1n) is 10.3. The maximum absolute atomic E-state index is 12.4. The fourth-order valence-corrected chi connectivity index (χ4v) is 3.00. The summed E-state index contributed by atoms with van der Waals surface area (Å²) in [6.07, 6.45) is 11.1. The van der Waals surface area contributed by atoms with Gasteiger partial charge in [-0.2, -0.15) is 5.10 Å². The Balaban J connectivity index is 1.73. The number of aromatic nitrogens is 2. The van der Waals surface area contributed by atoms with Gasteiger partial charge in [-0.15, -0.1) is 0 Å². The SMILES string of the molecule is CC=CCCCCCCOc1cccc(CNC(=O)c2cc(CC)nn2C)c1. The molecule has 0 aliphatic carbocycles. The van der Waals surface area contributed by atoms with E-state index in [1.54, 1.807) is 11.7 Å². The zero-order valence-corrected chi connectivity index (χ0v) is 17.4. The van der Waals surface area contributed by atoms with Gasteiger partial charge < -0.3 is 10.1 Å². The summed E-state index contributed by atoms with van der Waals surface area (Å²) >= 11 is 0. The molecule has 1 aromatic heterocycles. The lowest BCUT2D eigenvalue weighted by molar-refractivity contribution is 0.0941. The quantitative estimate of drug-likeness (QED) is 0.422. The Kier molecular flexibility index (Phi) is 9.32. The maximum Gasteiger partial charge on any atom is 0.269 e. The summed E-state index contributed by atoms with van der Waals surface area (Å²) in [7, 11) is 1.79. The summed E-state index contributed by atoms with van der Waals surface area (Å²) < 4.78 is 7.49. The van der Waals surface area contributed by atoms with E-state index < -0.39 is 0 Å². The highest BCUT2D eigenvalue weighted by Crippen LogP contribution is 2.15. The predicted octanol–water partition coefficient (Wildman–Crippen LogP) is 4.82. The number of carbonyl (C=O) groups is 1. The minimum Gasteiger partial charge on any atom is -0.494 e. The molecule has 0 aliphatic rings. The zero-order chi connectivity index (χ0) is 20.2. The van der Waals surface area contributed by atoms with Gasteiger partial charge in [-0.25, -0.2) is 0 Å². The summed E-state index contributed by atoms with van der Waals surface area (Å²) in [5.74, 6) is 0.744. The van der Waals surface area contributed by atoms with Crippen LogP contribution in [-0.2, 0) is 20.0 Å². The molecule has 1 heterocycles. The Hall–Kier alpha value is -2.56. The van der Waals surface area contributed by atoms with Crippen molar-refractivity contribution in [2.45, 2.75) is 58.9 Å². The molecule has 0 fully saturated rings. The van der Waals surface area contributed by atoms with Crippen LogP contribution in [0.25, 0.3) is 0 Å². The number of carbonyl (C=O) groups excluding carboxylic acids is 1. The van der Waals surface area contributed by atoms with Crippen LogP contribution in [0.2, 0.25) is 0 Å². The number of aryl methyl sites for hydroxylation is 2. The number of ether oxygens (including phenoxy) is 1. The maximum atomic E-state index is 12.4. The van der Waals surface area contributed by atoms with Crippen molar-refractivity contribution < 1.29 is 9.53 Å². The second kappa shape index (κ2) is 12.0. The van der Waals surface area contributed by atoms with Gasteiger partial charge in [0.2, 0.25) is 0 Å². The van der Waals surface area contributed by atoms with E-state index in [0.717, 1.165) is 36.5 Å². The molecular formula is C23H33N3O2. The third kappa shape index (κ3) is 7.22. The molecule has 0 spiro atoms. The van der Waals surface area contributed by atoms with E-state index in [2.05, 4.69) is 29.5 Å². The van der Waals surface area contributed by atoms with Crippen LogP contribution >= 0.6 is 0 Å². The normalized spacial score (nSPS) is 11.1. The van der Waals surface area contributed by atoms with E-state index in [1.165, 1.54) is 25.7 Å². The van der Waals surface area contributed by atoms with Crippen molar-refractivity contribution in [2.75, 3.05) is 6.61 Å². The molecule has 0 unspecified atom stereocenters. The number of unbranched alkanes of at least 4 members (excludes halogenated alkanes) is 4. The molecule has 0 saturated carbocycles. The Bertz CT molecular complexity index is 765. The minimum absolute atomic E-state index is 0.112. The molecular weight excluding hydrogens is 350 g/mol. The van der Waals surface area contributed by atoms with Gasteiger partial charge in [0.1, 0.15) is 11.4 Å². The standard InChI is InChI=1S/C23H33N3O2/c1-4-6-7-8-9-10-11-15-28-21-14-12-13-19(16-21)18-24-23(27)22-17-20(5-2)25-26(22)3/h4,6,12-14,16-17H,5,7-11,15,18H2,1-3H3,(H,24,27). The summed E-state index contributed by atoms with van der Waals surface area (Å²) in [6, 6.07) is 9.76. The smallest absolute Gasteiger partial charge is 0.269 e. The molecule has 28 heavy (non-hydrogen) atoms. The van der Waals surface area contributed by atoms with Crippen molar-refractivity contribution in [2.24, 2.45) is 7.05 Å². The summed E-state index contributed by atoms with van der Waals surface area (Å²) in [5, 5.41) is 7.28. The highest BCUT2D eigenvalue weighted by Gasteiger charge is 2.12. The average Bonchev–Trinajstić information content (AvgIpc) is 3.09. The molecule has 1 aromatic carbocycles. The average molecular weight is 384 g/mol. The van der Waals surface area contributed by atoms with Crippen LogP contribution in [0.15, 0.2) is 42.5 Å². The first-order chi connectivity index (χ1) is 13.6. The number of rotatable bonds is 12. The topological polar surface area (TPSA) is 56.1 Å². The number of allylic oxidation sites excluding steroid dienone is 2. The molecule has 2 aromatic rings. The molecule has 0 saturated heterocycles. The van der Waals surface area contributed by atoms with Crippen LogP contribution in [0.4, 0.5) is 0 Å². The summed E-state index contributed by atoms with van der Waals surface area (Å²) in [4.78, 5) is 12.4. The molecule has 1 N–H and O–H groups in total. The van der Waals surface area contributed by atoms with Crippen molar-refractivity contribution >= 4 is 5.91 Å². The van der Waals surface area contributed by atoms with Gasteiger partial charge in [0.15, 0.2) is 0 Å².